The fourth-order valence-electron chi connectivity index (χ4n) is 0.900. The van der Waals surface area contributed by atoms with E-state index in [2.05, 4.69) is 37.6 Å². The SMILES string of the molecule is CCC[CH-]c1ccccc1.[Na+].[Na+]. The molecule has 0 radical (unpaired) electrons. The molecule has 0 spiro atoms. The van der Waals surface area contributed by atoms with Gasteiger partial charge in [-0.15, -0.1) is 12.1 Å². The molecule has 0 unspecified atom stereocenters. The van der Waals surface area contributed by atoms with Gasteiger partial charge in [0.05, 0.1) is 0 Å². The van der Waals surface area contributed by atoms with Gasteiger partial charge < -0.3 is 0 Å². The van der Waals surface area contributed by atoms with Crippen LogP contribution in [0.15, 0.2) is 30.3 Å². The number of hydrogen-bond donors (Lipinski definition) is 0. The molecule has 12 heavy (non-hydrogen) atoms. The summed E-state index contributed by atoms with van der Waals surface area (Å²) in [7, 11) is 0. The summed E-state index contributed by atoms with van der Waals surface area (Å²) >= 11 is 0. The van der Waals surface area contributed by atoms with Crippen molar-refractivity contribution in [1.82, 2.24) is 0 Å². The van der Waals surface area contributed by atoms with Gasteiger partial charge in [0.2, 0.25) is 0 Å². The van der Waals surface area contributed by atoms with Crippen LogP contribution in [0.4, 0.5) is 0 Å². The molecule has 1 aromatic carbocycles. The van der Waals surface area contributed by atoms with E-state index in [4.69, 9.17) is 0 Å². The topological polar surface area (TPSA) is 0 Å². The molecule has 1 aromatic rings. The molecule has 0 aromatic heterocycles. The van der Waals surface area contributed by atoms with Gasteiger partial charge in [0.25, 0.3) is 0 Å². The van der Waals surface area contributed by atoms with E-state index < -0.39 is 0 Å². The van der Waals surface area contributed by atoms with E-state index in [-0.39, 0.29) is 59.1 Å². The second-order valence-corrected chi connectivity index (χ2v) is 2.40. The molecule has 0 N–H and O–H groups in total. The van der Waals surface area contributed by atoms with Crippen LogP contribution in [0.2, 0.25) is 0 Å². The molecule has 54 valence electrons. The van der Waals surface area contributed by atoms with Gasteiger partial charge in [-0.3, -0.25) is 0 Å². The van der Waals surface area contributed by atoms with E-state index in [0.29, 0.717) is 0 Å². The first-order valence-corrected chi connectivity index (χ1v) is 3.81. The van der Waals surface area contributed by atoms with Crippen molar-refractivity contribution in [2.24, 2.45) is 0 Å². The molecular formula is C10H13Na2+. The Morgan fingerprint density at radius 1 is 1.08 bits per heavy atom. The third-order valence-corrected chi connectivity index (χ3v) is 1.47. The molecular weight excluding hydrogens is 166 g/mol. The Morgan fingerprint density at radius 3 is 2.17 bits per heavy atom. The van der Waals surface area contributed by atoms with Crippen LogP contribution in [0.5, 0.6) is 0 Å². The van der Waals surface area contributed by atoms with Gasteiger partial charge in [-0.2, -0.15) is 24.1 Å². The van der Waals surface area contributed by atoms with Crippen molar-refractivity contribution in [3.63, 3.8) is 0 Å². The van der Waals surface area contributed by atoms with Crippen LogP contribution in [0.1, 0.15) is 25.3 Å². The monoisotopic (exact) mass is 179 g/mol. The quantitative estimate of drug-likeness (QED) is 0.344. The van der Waals surface area contributed by atoms with Crippen molar-refractivity contribution in [3.05, 3.63) is 42.3 Å². The van der Waals surface area contributed by atoms with E-state index in [9.17, 15) is 0 Å². The molecule has 0 nitrogen and oxygen atoms in total. The van der Waals surface area contributed by atoms with Gasteiger partial charge in [0.1, 0.15) is 0 Å². The maximum absolute atomic E-state index is 2.26. The zero-order valence-corrected chi connectivity index (χ0v) is 12.4. The van der Waals surface area contributed by atoms with Gasteiger partial charge in [-0.1, -0.05) is 25.8 Å². The minimum atomic E-state index is 0. The minimum Gasteiger partial charge on any atom is -0.192 e. The van der Waals surface area contributed by atoms with Crippen molar-refractivity contribution in [2.75, 3.05) is 0 Å². The predicted molar refractivity (Wildman–Crippen MR) is 44.8 cm³/mol. The Morgan fingerprint density at radius 2 is 1.67 bits per heavy atom. The molecule has 0 atom stereocenters. The van der Waals surface area contributed by atoms with E-state index in [1.165, 1.54) is 18.4 Å². The summed E-state index contributed by atoms with van der Waals surface area (Å²) in [4.78, 5) is 0. The van der Waals surface area contributed by atoms with E-state index >= 15 is 0 Å². The van der Waals surface area contributed by atoms with E-state index in [0.717, 1.165) is 0 Å². The largest absolute Gasteiger partial charge is 1.00 e. The van der Waals surface area contributed by atoms with Crippen molar-refractivity contribution in [3.8, 4) is 0 Å². The van der Waals surface area contributed by atoms with Gasteiger partial charge in [-0.05, 0) is 0 Å². The molecule has 0 fully saturated rings. The summed E-state index contributed by atoms with van der Waals surface area (Å²) < 4.78 is 0. The van der Waals surface area contributed by atoms with Gasteiger partial charge >= 0.3 is 59.1 Å². The molecule has 0 saturated carbocycles. The van der Waals surface area contributed by atoms with Crippen molar-refractivity contribution < 1.29 is 59.1 Å². The zero-order chi connectivity index (χ0) is 7.23. The average Bonchev–Trinajstić information content (AvgIpc) is 2.03. The normalized spacial score (nSPS) is 7.75. The maximum Gasteiger partial charge on any atom is 1.00 e. The fourth-order valence-corrected chi connectivity index (χ4v) is 0.900. The summed E-state index contributed by atoms with van der Waals surface area (Å²) in [6.07, 6.45) is 4.68. The summed E-state index contributed by atoms with van der Waals surface area (Å²) in [6, 6.07) is 10.5. The Hall–Kier alpha value is 1.09. The smallest absolute Gasteiger partial charge is 0.192 e. The second kappa shape index (κ2) is 10.2. The summed E-state index contributed by atoms with van der Waals surface area (Å²) in [5.41, 5.74) is 1.34. The zero-order valence-electron chi connectivity index (χ0n) is 8.38. The molecule has 0 aliphatic heterocycles. The molecule has 2 heteroatoms. The van der Waals surface area contributed by atoms with Crippen molar-refractivity contribution in [1.29, 1.82) is 0 Å². The van der Waals surface area contributed by atoms with Crippen LogP contribution in [0.25, 0.3) is 0 Å². The standard InChI is InChI=1S/C10H13.2Na/c1-2-3-7-10-8-5-4-6-9-10;;/h4-9H,2-3H2,1H3;;/q-1;2*+1. The Balaban J connectivity index is 0. The van der Waals surface area contributed by atoms with Crippen LogP contribution in [0, 0.1) is 6.42 Å². The molecule has 0 aliphatic rings. The first-order valence-electron chi connectivity index (χ1n) is 3.81. The Kier molecular flexibility index (Phi) is 13.2. The predicted octanol–water partition coefficient (Wildman–Crippen LogP) is -2.95. The van der Waals surface area contributed by atoms with Crippen LogP contribution >= 0.6 is 0 Å². The summed E-state index contributed by atoms with van der Waals surface area (Å²) in [5, 5.41) is 0. The first kappa shape index (κ1) is 15.6. The number of rotatable bonds is 3. The molecule has 0 saturated heterocycles. The minimum absolute atomic E-state index is 0. The Labute approximate surface area is 120 Å². The molecule has 1 rings (SSSR count). The van der Waals surface area contributed by atoms with Gasteiger partial charge in [0, 0.05) is 0 Å². The van der Waals surface area contributed by atoms with Crippen LogP contribution in [0.3, 0.4) is 0 Å². The van der Waals surface area contributed by atoms with Gasteiger partial charge in [0.15, 0.2) is 0 Å². The fraction of sp³-hybridized carbons (Fsp3) is 0.300. The maximum atomic E-state index is 2.26. The van der Waals surface area contributed by atoms with E-state index in [1.807, 2.05) is 6.07 Å². The summed E-state index contributed by atoms with van der Waals surface area (Å²) in [6.45, 7) is 2.19. The number of unbranched alkanes of at least 4 members (excludes halogenated alkanes) is 1. The summed E-state index contributed by atoms with van der Waals surface area (Å²) in [5.74, 6) is 0. The van der Waals surface area contributed by atoms with Crippen LogP contribution in [-0.4, -0.2) is 0 Å². The second-order valence-electron chi connectivity index (χ2n) is 2.40. The molecule has 0 aliphatic carbocycles. The van der Waals surface area contributed by atoms with Gasteiger partial charge in [-0.25, -0.2) is 0 Å². The average molecular weight is 179 g/mol. The van der Waals surface area contributed by atoms with E-state index in [1.54, 1.807) is 0 Å². The van der Waals surface area contributed by atoms with Crippen molar-refractivity contribution in [2.45, 2.75) is 19.8 Å². The Bertz CT molecular complexity index is 172. The molecule has 0 amide bonds. The van der Waals surface area contributed by atoms with Crippen LogP contribution < -0.4 is 59.1 Å². The first-order chi connectivity index (χ1) is 4.93. The third-order valence-electron chi connectivity index (χ3n) is 1.47. The molecule has 0 heterocycles. The van der Waals surface area contributed by atoms with Crippen molar-refractivity contribution >= 4 is 0 Å². The number of hydrogen-bond acceptors (Lipinski definition) is 0. The third kappa shape index (κ3) is 6.59. The molecule has 0 bridgehead atoms. The van der Waals surface area contributed by atoms with Crippen LogP contribution in [-0.2, 0) is 0 Å². The number of benzene rings is 1.